The molecule has 30 heavy (non-hydrogen) atoms. The lowest BCUT2D eigenvalue weighted by atomic mass is 10.1. The summed E-state index contributed by atoms with van der Waals surface area (Å²) in [4.78, 5) is 26.3. The molecule has 0 aliphatic carbocycles. The van der Waals surface area contributed by atoms with Gasteiger partial charge in [-0.05, 0) is 62.7 Å². The van der Waals surface area contributed by atoms with Gasteiger partial charge in [-0.3, -0.25) is 9.59 Å². The van der Waals surface area contributed by atoms with Crippen LogP contribution in [0.3, 0.4) is 0 Å². The predicted octanol–water partition coefficient (Wildman–Crippen LogP) is 2.81. The van der Waals surface area contributed by atoms with Crippen LogP contribution in [0.1, 0.15) is 25.8 Å². The minimum Gasteiger partial charge on any atom is -0.326 e. The van der Waals surface area contributed by atoms with Crippen molar-refractivity contribution < 1.29 is 22.4 Å². The van der Waals surface area contributed by atoms with Crippen LogP contribution >= 0.6 is 0 Å². The maximum Gasteiger partial charge on any atom is 0.240 e. The van der Waals surface area contributed by atoms with Crippen LogP contribution < -0.4 is 14.9 Å². The van der Waals surface area contributed by atoms with E-state index in [4.69, 9.17) is 0 Å². The van der Waals surface area contributed by atoms with Gasteiger partial charge in [0.15, 0.2) is 0 Å². The molecule has 1 atom stereocenters. The maximum atomic E-state index is 14.2. The summed E-state index contributed by atoms with van der Waals surface area (Å²) in [5, 5.41) is 2.69. The molecule has 0 bridgehead atoms. The molecule has 1 aliphatic rings. The van der Waals surface area contributed by atoms with E-state index < -0.39 is 21.8 Å². The van der Waals surface area contributed by atoms with Gasteiger partial charge in [0.2, 0.25) is 21.8 Å². The Labute approximate surface area is 175 Å². The molecule has 1 fully saturated rings. The van der Waals surface area contributed by atoms with Gasteiger partial charge in [-0.1, -0.05) is 6.07 Å². The lowest BCUT2D eigenvalue weighted by Crippen LogP contribution is -2.30. The van der Waals surface area contributed by atoms with Crippen molar-refractivity contribution in [3.05, 3.63) is 53.8 Å². The summed E-state index contributed by atoms with van der Waals surface area (Å²) >= 11 is 0. The van der Waals surface area contributed by atoms with Gasteiger partial charge < -0.3 is 10.2 Å². The van der Waals surface area contributed by atoms with Crippen LogP contribution in [0.15, 0.2) is 47.4 Å². The number of hydrogen-bond acceptors (Lipinski definition) is 4. The summed E-state index contributed by atoms with van der Waals surface area (Å²) < 4.78 is 41.0. The Morgan fingerprint density at radius 3 is 2.43 bits per heavy atom. The molecule has 0 saturated carbocycles. The summed E-state index contributed by atoms with van der Waals surface area (Å²) in [7, 11) is -3.62. The zero-order valence-electron chi connectivity index (χ0n) is 17.0. The van der Waals surface area contributed by atoms with Crippen molar-refractivity contribution in [2.24, 2.45) is 5.92 Å². The van der Waals surface area contributed by atoms with Gasteiger partial charge in [-0.25, -0.2) is 17.5 Å². The van der Waals surface area contributed by atoms with Crippen LogP contribution in [0, 0.1) is 18.7 Å². The largest absolute Gasteiger partial charge is 0.326 e. The molecule has 2 amide bonds. The summed E-state index contributed by atoms with van der Waals surface area (Å²) in [5.41, 5.74) is 1.32. The number of halogens is 1. The highest BCUT2D eigenvalue weighted by Gasteiger charge is 2.36. The number of amides is 2. The first-order valence-electron chi connectivity index (χ1n) is 9.56. The molecule has 0 radical (unpaired) electrons. The summed E-state index contributed by atoms with van der Waals surface area (Å²) in [5.74, 6) is -1.84. The normalized spacial score (nSPS) is 16.9. The van der Waals surface area contributed by atoms with Gasteiger partial charge in [0.1, 0.15) is 5.82 Å². The molecule has 160 valence electrons. The van der Waals surface area contributed by atoms with E-state index in [2.05, 4.69) is 10.0 Å². The zero-order valence-corrected chi connectivity index (χ0v) is 17.8. The Balaban J connectivity index is 1.67. The number of hydrogen-bond donors (Lipinski definition) is 2. The number of anilines is 2. The molecule has 1 aliphatic heterocycles. The number of rotatable bonds is 6. The van der Waals surface area contributed by atoms with Crippen LogP contribution in [-0.2, 0) is 19.6 Å². The molecule has 1 saturated heterocycles. The molecule has 2 N–H and O–H groups in total. The van der Waals surface area contributed by atoms with Crippen molar-refractivity contribution in [3.63, 3.8) is 0 Å². The third-order valence-electron chi connectivity index (χ3n) is 4.71. The van der Waals surface area contributed by atoms with Crippen LogP contribution in [0.2, 0.25) is 0 Å². The van der Waals surface area contributed by atoms with E-state index in [-0.39, 0.29) is 41.4 Å². The Bertz CT molecular complexity index is 1070. The smallest absolute Gasteiger partial charge is 0.240 e. The average Bonchev–Trinajstić information content (AvgIpc) is 3.03. The first kappa shape index (κ1) is 21.9. The van der Waals surface area contributed by atoms with E-state index in [9.17, 15) is 22.4 Å². The fraction of sp³-hybridized carbons (Fsp3) is 0.333. The molecule has 3 rings (SSSR count). The molecule has 7 nitrogen and oxygen atoms in total. The first-order chi connectivity index (χ1) is 14.1. The van der Waals surface area contributed by atoms with Crippen LogP contribution in [0.25, 0.3) is 0 Å². The fourth-order valence-corrected chi connectivity index (χ4v) is 4.54. The predicted molar refractivity (Wildman–Crippen MR) is 112 cm³/mol. The Morgan fingerprint density at radius 1 is 1.17 bits per heavy atom. The number of carbonyl (C=O) groups is 2. The monoisotopic (exact) mass is 433 g/mol. The van der Waals surface area contributed by atoms with Crippen molar-refractivity contribution in [1.29, 1.82) is 0 Å². The second kappa shape index (κ2) is 8.53. The van der Waals surface area contributed by atoms with Gasteiger partial charge in [-0.2, -0.15) is 0 Å². The van der Waals surface area contributed by atoms with Crippen molar-refractivity contribution in [3.8, 4) is 0 Å². The molecule has 1 unspecified atom stereocenters. The van der Waals surface area contributed by atoms with Crippen molar-refractivity contribution in [2.75, 3.05) is 16.8 Å². The van der Waals surface area contributed by atoms with E-state index in [1.807, 2.05) is 0 Å². The van der Waals surface area contributed by atoms with E-state index in [0.717, 1.165) is 5.56 Å². The summed E-state index contributed by atoms with van der Waals surface area (Å²) in [6.45, 7) is 5.28. The van der Waals surface area contributed by atoms with Crippen LogP contribution in [-0.4, -0.2) is 32.8 Å². The number of aryl methyl sites for hydroxylation is 1. The Hall–Kier alpha value is -2.78. The van der Waals surface area contributed by atoms with Gasteiger partial charge in [0, 0.05) is 24.7 Å². The molecule has 0 aromatic heterocycles. The van der Waals surface area contributed by atoms with Gasteiger partial charge in [0.05, 0.1) is 16.5 Å². The molecule has 2 aromatic rings. The topological polar surface area (TPSA) is 95.6 Å². The maximum absolute atomic E-state index is 14.2. The fourth-order valence-electron chi connectivity index (χ4n) is 3.29. The van der Waals surface area contributed by atoms with Gasteiger partial charge >= 0.3 is 0 Å². The third kappa shape index (κ3) is 4.85. The second-order valence-corrected chi connectivity index (χ2v) is 9.36. The van der Waals surface area contributed by atoms with Crippen LogP contribution in [0.4, 0.5) is 15.8 Å². The van der Waals surface area contributed by atoms with Gasteiger partial charge in [-0.15, -0.1) is 0 Å². The average molecular weight is 434 g/mol. The molecule has 2 aromatic carbocycles. The standard InChI is InChI=1S/C21H24FN3O4S/c1-13(2)24-30(28,29)17-7-5-16(6-8-17)23-21(27)15-11-20(26)25(12-15)19-9-4-14(3)10-18(19)22/h4-10,13,15,24H,11-12H2,1-3H3,(H,23,27). The molecule has 1 heterocycles. The first-order valence-corrected chi connectivity index (χ1v) is 11.0. The molecule has 0 spiro atoms. The molecular weight excluding hydrogens is 409 g/mol. The summed E-state index contributed by atoms with van der Waals surface area (Å²) in [6, 6.07) is 10.1. The number of benzene rings is 2. The number of carbonyl (C=O) groups excluding carboxylic acids is 2. The lowest BCUT2D eigenvalue weighted by Gasteiger charge is -2.18. The van der Waals surface area contributed by atoms with E-state index in [1.165, 1.54) is 41.3 Å². The zero-order chi connectivity index (χ0) is 22.1. The number of sulfonamides is 1. The molecule has 9 heteroatoms. The Morgan fingerprint density at radius 2 is 1.83 bits per heavy atom. The second-order valence-electron chi connectivity index (χ2n) is 7.65. The highest BCUT2D eigenvalue weighted by atomic mass is 32.2. The number of nitrogens with zero attached hydrogens (tertiary/aromatic N) is 1. The van der Waals surface area contributed by atoms with E-state index >= 15 is 0 Å². The van der Waals surface area contributed by atoms with Crippen molar-refractivity contribution in [2.45, 2.75) is 38.1 Å². The van der Waals surface area contributed by atoms with E-state index in [1.54, 1.807) is 26.8 Å². The van der Waals surface area contributed by atoms with Crippen molar-refractivity contribution in [1.82, 2.24) is 4.72 Å². The minimum absolute atomic E-state index is 0.0239. The Kier molecular flexibility index (Phi) is 6.23. The minimum atomic E-state index is -3.62. The van der Waals surface area contributed by atoms with Crippen LogP contribution in [0.5, 0.6) is 0 Å². The molecular formula is C21H24FN3O4S. The lowest BCUT2D eigenvalue weighted by molar-refractivity contribution is -0.122. The number of nitrogens with one attached hydrogen (secondary N) is 2. The SMILES string of the molecule is Cc1ccc(N2CC(C(=O)Nc3ccc(S(=O)(=O)NC(C)C)cc3)CC2=O)c(F)c1. The van der Waals surface area contributed by atoms with Crippen molar-refractivity contribution >= 4 is 33.2 Å². The highest BCUT2D eigenvalue weighted by molar-refractivity contribution is 7.89. The van der Waals surface area contributed by atoms with Gasteiger partial charge in [0.25, 0.3) is 0 Å². The third-order valence-corrected chi connectivity index (χ3v) is 6.39. The quantitative estimate of drug-likeness (QED) is 0.732. The summed E-state index contributed by atoms with van der Waals surface area (Å²) in [6.07, 6.45) is -0.0239. The highest BCUT2D eigenvalue weighted by Crippen LogP contribution is 2.28. The van der Waals surface area contributed by atoms with E-state index in [0.29, 0.717) is 5.69 Å².